The minimum atomic E-state index is 0.490. The molecule has 0 amide bonds. The van der Waals surface area contributed by atoms with Crippen LogP contribution in [0.4, 0.5) is 17.1 Å². The average Bonchev–Trinajstić information content (AvgIpc) is 2.69. The van der Waals surface area contributed by atoms with E-state index in [1.54, 1.807) is 0 Å². The van der Waals surface area contributed by atoms with E-state index < -0.39 is 0 Å². The van der Waals surface area contributed by atoms with Crippen molar-refractivity contribution in [2.75, 3.05) is 18.1 Å². The third-order valence-corrected chi connectivity index (χ3v) is 4.27. The number of rotatable bonds is 8. The topological polar surface area (TPSA) is 21.7 Å². The number of benzene rings is 3. The third kappa shape index (κ3) is 4.91. The van der Waals surface area contributed by atoms with Crippen LogP contribution in [0.15, 0.2) is 85.6 Å². The zero-order chi connectivity index (χ0) is 19.1. The van der Waals surface area contributed by atoms with Crippen molar-refractivity contribution in [1.82, 2.24) is 0 Å². The molecule has 27 heavy (non-hydrogen) atoms. The van der Waals surface area contributed by atoms with Gasteiger partial charge in [-0.2, -0.15) is 0 Å². The second-order valence-corrected chi connectivity index (χ2v) is 6.39. The van der Waals surface area contributed by atoms with Crippen LogP contribution in [0.25, 0.3) is 0 Å². The van der Waals surface area contributed by atoms with Gasteiger partial charge in [-0.25, -0.2) is 0 Å². The first-order valence-electron chi connectivity index (χ1n) is 9.06. The molecule has 0 bridgehead atoms. The molecule has 0 aliphatic heterocycles. The summed E-state index contributed by atoms with van der Waals surface area (Å²) in [5.41, 5.74) is 5.81. The van der Waals surface area contributed by atoms with E-state index >= 15 is 0 Å². The number of nitrogens with zero attached hydrogens (tertiary/aromatic N) is 1. The Morgan fingerprint density at radius 2 is 1.15 bits per heavy atom. The van der Waals surface area contributed by atoms with E-state index in [0.29, 0.717) is 13.2 Å². The van der Waals surface area contributed by atoms with Gasteiger partial charge in [0.1, 0.15) is 19.0 Å². The van der Waals surface area contributed by atoms with E-state index in [2.05, 4.69) is 86.0 Å². The summed E-state index contributed by atoms with van der Waals surface area (Å²) in [4.78, 5) is 2.24. The highest BCUT2D eigenvalue weighted by atomic mass is 16.5. The van der Waals surface area contributed by atoms with Crippen molar-refractivity contribution in [2.24, 2.45) is 0 Å². The quantitative estimate of drug-likeness (QED) is 0.347. The average molecular weight is 359 g/mol. The normalized spacial score (nSPS) is 10.3. The molecular formula is C24H25NO2. The van der Waals surface area contributed by atoms with Crippen molar-refractivity contribution in [1.29, 1.82) is 0 Å². The first kappa shape index (κ1) is 18.6. The molecule has 0 spiro atoms. The van der Waals surface area contributed by atoms with Crippen molar-refractivity contribution in [3.8, 4) is 5.75 Å². The Morgan fingerprint density at radius 3 is 1.59 bits per heavy atom. The molecule has 138 valence electrons. The molecule has 0 fully saturated rings. The summed E-state index contributed by atoms with van der Waals surface area (Å²) < 4.78 is 10.8. The smallest absolute Gasteiger partial charge is 0.122 e. The van der Waals surface area contributed by atoms with Gasteiger partial charge >= 0.3 is 0 Å². The molecule has 0 saturated heterocycles. The van der Waals surface area contributed by atoms with Crippen molar-refractivity contribution < 1.29 is 9.47 Å². The Balaban J connectivity index is 1.87. The molecule has 0 atom stereocenters. The van der Waals surface area contributed by atoms with Crippen LogP contribution in [0.1, 0.15) is 11.1 Å². The molecular weight excluding hydrogens is 334 g/mol. The number of hydrogen-bond acceptors (Lipinski definition) is 3. The fraction of sp³-hybridized carbons (Fsp3) is 0.167. The molecule has 0 unspecified atom stereocenters. The molecule has 0 aromatic heterocycles. The molecule has 3 rings (SSSR count). The monoisotopic (exact) mass is 359 g/mol. The highest BCUT2D eigenvalue weighted by molar-refractivity contribution is 5.76. The summed E-state index contributed by atoms with van der Waals surface area (Å²) in [5.74, 6) is 0.819. The zero-order valence-electron chi connectivity index (χ0n) is 15.9. The van der Waals surface area contributed by atoms with Gasteiger partial charge in [-0.15, -0.1) is 0 Å². The zero-order valence-corrected chi connectivity index (χ0v) is 15.9. The highest BCUT2D eigenvalue weighted by Gasteiger charge is 2.12. The number of hydrogen-bond donors (Lipinski definition) is 0. The fourth-order valence-corrected chi connectivity index (χ4v) is 2.82. The molecule has 3 heteroatoms. The standard InChI is InChI=1S/C24H25NO2/c1-4-26-17-18-27-24-15-13-23(14-16-24)25(21-9-5-19(2)6-10-21)22-11-7-20(3)8-12-22/h4-16H,1,17-18H2,2-3H3. The Hall–Kier alpha value is -3.20. The minimum Gasteiger partial charge on any atom is -0.498 e. The van der Waals surface area contributed by atoms with Gasteiger partial charge in [0.2, 0.25) is 0 Å². The lowest BCUT2D eigenvalue weighted by molar-refractivity contribution is 0.179. The number of ether oxygens (including phenoxy) is 2. The summed E-state index contributed by atoms with van der Waals surface area (Å²) in [6.45, 7) is 8.70. The second-order valence-electron chi connectivity index (χ2n) is 6.39. The van der Waals surface area contributed by atoms with Crippen LogP contribution < -0.4 is 9.64 Å². The summed E-state index contributed by atoms with van der Waals surface area (Å²) >= 11 is 0. The Kier molecular flexibility index (Phi) is 6.16. The second kappa shape index (κ2) is 8.95. The summed E-state index contributed by atoms with van der Waals surface area (Å²) in [7, 11) is 0. The maximum absolute atomic E-state index is 5.69. The van der Waals surface area contributed by atoms with E-state index in [0.717, 1.165) is 22.8 Å². The van der Waals surface area contributed by atoms with Gasteiger partial charge in [-0.05, 0) is 62.4 Å². The van der Waals surface area contributed by atoms with Crippen LogP contribution in [-0.4, -0.2) is 13.2 Å². The summed E-state index contributed by atoms with van der Waals surface area (Å²) in [6, 6.07) is 25.2. The van der Waals surface area contributed by atoms with Crippen LogP contribution in [0, 0.1) is 13.8 Å². The van der Waals surface area contributed by atoms with Crippen LogP contribution in [-0.2, 0) is 4.74 Å². The fourth-order valence-electron chi connectivity index (χ4n) is 2.82. The molecule has 0 heterocycles. The molecule has 0 aliphatic rings. The van der Waals surface area contributed by atoms with Crippen molar-refractivity contribution in [2.45, 2.75) is 13.8 Å². The van der Waals surface area contributed by atoms with Gasteiger partial charge in [0, 0.05) is 17.1 Å². The van der Waals surface area contributed by atoms with Crippen molar-refractivity contribution in [3.63, 3.8) is 0 Å². The van der Waals surface area contributed by atoms with E-state index in [1.807, 2.05) is 12.1 Å². The van der Waals surface area contributed by atoms with E-state index in [1.165, 1.54) is 17.4 Å². The van der Waals surface area contributed by atoms with Crippen LogP contribution in [0.5, 0.6) is 5.75 Å². The van der Waals surface area contributed by atoms with Gasteiger partial charge in [0.05, 0.1) is 6.26 Å². The van der Waals surface area contributed by atoms with Crippen LogP contribution >= 0.6 is 0 Å². The molecule has 0 saturated carbocycles. The van der Waals surface area contributed by atoms with Crippen LogP contribution in [0.3, 0.4) is 0 Å². The first-order valence-corrected chi connectivity index (χ1v) is 9.06. The van der Waals surface area contributed by atoms with Crippen molar-refractivity contribution >= 4 is 17.1 Å². The third-order valence-electron chi connectivity index (χ3n) is 4.27. The molecule has 3 aromatic carbocycles. The lowest BCUT2D eigenvalue weighted by atomic mass is 10.1. The predicted octanol–water partition coefficient (Wildman–Crippen LogP) is 6.31. The first-order chi connectivity index (χ1) is 13.2. The van der Waals surface area contributed by atoms with Gasteiger partial charge in [-0.1, -0.05) is 42.0 Å². The molecule has 0 N–H and O–H groups in total. The van der Waals surface area contributed by atoms with E-state index in [4.69, 9.17) is 9.47 Å². The molecule has 3 nitrogen and oxygen atoms in total. The SMILES string of the molecule is C=COCCOc1ccc(N(c2ccc(C)cc2)c2ccc(C)cc2)cc1. The number of anilines is 3. The highest BCUT2D eigenvalue weighted by Crippen LogP contribution is 2.35. The van der Waals surface area contributed by atoms with Gasteiger partial charge in [0.25, 0.3) is 0 Å². The molecule has 0 aliphatic carbocycles. The lowest BCUT2D eigenvalue weighted by Crippen LogP contribution is -2.10. The van der Waals surface area contributed by atoms with Crippen molar-refractivity contribution in [3.05, 3.63) is 96.8 Å². The van der Waals surface area contributed by atoms with Gasteiger partial charge in [-0.3, -0.25) is 0 Å². The molecule has 3 aromatic rings. The summed E-state index contributed by atoms with van der Waals surface area (Å²) in [5, 5.41) is 0. The van der Waals surface area contributed by atoms with Gasteiger partial charge < -0.3 is 14.4 Å². The largest absolute Gasteiger partial charge is 0.498 e. The predicted molar refractivity (Wildman–Crippen MR) is 112 cm³/mol. The maximum atomic E-state index is 5.69. The Labute approximate surface area is 161 Å². The van der Waals surface area contributed by atoms with E-state index in [9.17, 15) is 0 Å². The molecule has 0 radical (unpaired) electrons. The number of aryl methyl sites for hydroxylation is 2. The Morgan fingerprint density at radius 1 is 0.704 bits per heavy atom. The van der Waals surface area contributed by atoms with Crippen LogP contribution in [0.2, 0.25) is 0 Å². The Bertz CT molecular complexity index is 807. The minimum absolute atomic E-state index is 0.490. The maximum Gasteiger partial charge on any atom is 0.122 e. The van der Waals surface area contributed by atoms with Gasteiger partial charge in [0.15, 0.2) is 0 Å². The lowest BCUT2D eigenvalue weighted by Gasteiger charge is -2.26. The van der Waals surface area contributed by atoms with E-state index in [-0.39, 0.29) is 0 Å². The summed E-state index contributed by atoms with van der Waals surface area (Å²) in [6.07, 6.45) is 1.42.